The van der Waals surface area contributed by atoms with E-state index in [4.69, 9.17) is 4.74 Å². The second-order valence-corrected chi connectivity index (χ2v) is 3.50. The molecule has 0 bridgehead atoms. The maximum atomic E-state index is 11.9. The Morgan fingerprint density at radius 2 is 2.22 bits per heavy atom. The topological polar surface area (TPSA) is 74.1 Å². The third-order valence-electron chi connectivity index (χ3n) is 2.26. The molecule has 0 spiro atoms. The van der Waals surface area contributed by atoms with Crippen molar-refractivity contribution in [3.8, 4) is 0 Å². The van der Waals surface area contributed by atoms with E-state index in [-0.39, 0.29) is 12.3 Å². The summed E-state index contributed by atoms with van der Waals surface area (Å²) in [5.41, 5.74) is 0.174. The molecule has 0 unspecified atom stereocenters. The molecule has 92 valence electrons. The van der Waals surface area contributed by atoms with Crippen molar-refractivity contribution in [1.82, 2.24) is 15.0 Å². The van der Waals surface area contributed by atoms with Gasteiger partial charge in [-0.05, 0) is 19.1 Å². The summed E-state index contributed by atoms with van der Waals surface area (Å²) < 4.78 is 5.84. The summed E-state index contributed by atoms with van der Waals surface area (Å²) in [6.07, 6.45) is 2.82. The highest BCUT2D eigenvalue weighted by Crippen LogP contribution is 2.03. The third kappa shape index (κ3) is 2.42. The monoisotopic (exact) mass is 245 g/mol. The number of hydrogen-bond donors (Lipinski definition) is 0. The van der Waals surface area contributed by atoms with E-state index in [1.54, 1.807) is 37.3 Å². The van der Waals surface area contributed by atoms with Gasteiger partial charge in [-0.3, -0.25) is 4.79 Å². The first-order chi connectivity index (χ1) is 8.72. The Hall–Kier alpha value is -2.50. The van der Waals surface area contributed by atoms with Crippen LogP contribution in [0.2, 0.25) is 0 Å². The van der Waals surface area contributed by atoms with Crippen LogP contribution in [0.5, 0.6) is 0 Å². The fourth-order valence-electron chi connectivity index (χ4n) is 1.42. The van der Waals surface area contributed by atoms with Crippen molar-refractivity contribution in [2.24, 2.45) is 0 Å². The number of fused-ring (bicyclic) bond motifs is 1. The molecule has 0 N–H and O–H groups in total. The van der Waals surface area contributed by atoms with Gasteiger partial charge in [0.25, 0.3) is 5.56 Å². The van der Waals surface area contributed by atoms with Gasteiger partial charge in [0.05, 0.1) is 5.39 Å². The highest BCUT2D eigenvalue weighted by atomic mass is 16.5. The van der Waals surface area contributed by atoms with E-state index in [9.17, 15) is 9.59 Å². The highest BCUT2D eigenvalue weighted by Gasteiger charge is 2.05. The van der Waals surface area contributed by atoms with E-state index < -0.39 is 5.97 Å². The van der Waals surface area contributed by atoms with Crippen molar-refractivity contribution in [2.75, 3.05) is 0 Å². The molecule has 0 fully saturated rings. The number of carbonyl (C=O) groups excluding carboxylic acids is 1. The second kappa shape index (κ2) is 5.22. The molecule has 0 radical (unpaired) electrons. The summed E-state index contributed by atoms with van der Waals surface area (Å²) in [6, 6.07) is 6.85. The van der Waals surface area contributed by atoms with Crippen LogP contribution in [0.25, 0.3) is 10.9 Å². The minimum atomic E-state index is -0.528. The lowest BCUT2D eigenvalue weighted by molar-refractivity contribution is -0.142. The summed E-state index contributed by atoms with van der Waals surface area (Å²) in [5, 5.41) is 8.00. The van der Waals surface area contributed by atoms with E-state index in [2.05, 4.69) is 10.3 Å². The Morgan fingerprint density at radius 3 is 3.00 bits per heavy atom. The molecular weight excluding hydrogens is 234 g/mol. The van der Waals surface area contributed by atoms with Gasteiger partial charge in [0.2, 0.25) is 0 Å². The lowest BCUT2D eigenvalue weighted by Crippen LogP contribution is -2.26. The van der Waals surface area contributed by atoms with Gasteiger partial charge in [0, 0.05) is 6.08 Å². The first-order valence-corrected chi connectivity index (χ1v) is 5.34. The van der Waals surface area contributed by atoms with Crippen LogP contribution >= 0.6 is 0 Å². The first-order valence-electron chi connectivity index (χ1n) is 5.34. The summed E-state index contributed by atoms with van der Waals surface area (Å²) >= 11 is 0. The van der Waals surface area contributed by atoms with Gasteiger partial charge >= 0.3 is 5.97 Å². The molecule has 0 aliphatic heterocycles. The molecule has 1 aromatic heterocycles. The number of aromatic nitrogens is 3. The number of benzene rings is 1. The van der Waals surface area contributed by atoms with Crippen LogP contribution in [0.4, 0.5) is 0 Å². The number of rotatable bonds is 3. The normalized spacial score (nSPS) is 10.9. The summed E-state index contributed by atoms with van der Waals surface area (Å²) in [5.74, 6) is -0.528. The maximum absolute atomic E-state index is 11.9. The average molecular weight is 245 g/mol. The molecule has 1 aromatic carbocycles. The van der Waals surface area contributed by atoms with E-state index in [0.717, 1.165) is 4.68 Å². The average Bonchev–Trinajstić information content (AvgIpc) is 2.39. The first kappa shape index (κ1) is 12.0. The fourth-order valence-corrected chi connectivity index (χ4v) is 1.42. The number of hydrogen-bond acceptors (Lipinski definition) is 5. The van der Waals surface area contributed by atoms with Gasteiger partial charge in [-0.25, -0.2) is 4.79 Å². The van der Waals surface area contributed by atoms with Gasteiger partial charge < -0.3 is 4.74 Å². The van der Waals surface area contributed by atoms with E-state index >= 15 is 0 Å². The molecule has 0 atom stereocenters. The minimum absolute atomic E-state index is 0.250. The van der Waals surface area contributed by atoms with Crippen molar-refractivity contribution in [1.29, 1.82) is 0 Å². The standard InChI is InChI=1S/C12H11N3O3/c1-2-5-11(16)18-8-15-12(17)9-6-3-4-7-10(9)13-14-15/h2-7H,8H2,1H3. The van der Waals surface area contributed by atoms with Gasteiger partial charge in [0.1, 0.15) is 5.52 Å². The Bertz CT molecular complexity index is 661. The van der Waals surface area contributed by atoms with Crippen LogP contribution in [0.3, 0.4) is 0 Å². The summed E-state index contributed by atoms with van der Waals surface area (Å²) in [7, 11) is 0. The van der Waals surface area contributed by atoms with Gasteiger partial charge in [-0.15, -0.1) is 5.10 Å². The van der Waals surface area contributed by atoms with Crippen molar-refractivity contribution >= 4 is 16.9 Å². The zero-order valence-corrected chi connectivity index (χ0v) is 9.74. The lowest BCUT2D eigenvalue weighted by atomic mass is 10.2. The van der Waals surface area contributed by atoms with E-state index in [0.29, 0.717) is 10.9 Å². The van der Waals surface area contributed by atoms with Crippen LogP contribution in [0.15, 0.2) is 41.2 Å². The molecule has 0 saturated carbocycles. The number of allylic oxidation sites excluding steroid dienone is 1. The highest BCUT2D eigenvalue weighted by molar-refractivity contribution is 5.81. The lowest BCUT2D eigenvalue weighted by Gasteiger charge is -2.04. The Balaban J connectivity index is 2.27. The van der Waals surface area contributed by atoms with Crippen LogP contribution in [-0.2, 0) is 16.3 Å². The minimum Gasteiger partial charge on any atom is -0.439 e. The van der Waals surface area contributed by atoms with E-state index in [1.165, 1.54) is 6.08 Å². The Labute approximate surface area is 102 Å². The van der Waals surface area contributed by atoms with Crippen LogP contribution in [0.1, 0.15) is 6.92 Å². The van der Waals surface area contributed by atoms with Crippen molar-refractivity contribution < 1.29 is 9.53 Å². The molecule has 6 heteroatoms. The summed E-state index contributed by atoms with van der Waals surface area (Å²) in [4.78, 5) is 23.1. The van der Waals surface area contributed by atoms with Crippen molar-refractivity contribution in [3.05, 3.63) is 46.8 Å². The number of nitrogens with zero attached hydrogens (tertiary/aromatic N) is 3. The zero-order valence-electron chi connectivity index (χ0n) is 9.74. The predicted molar refractivity (Wildman–Crippen MR) is 64.7 cm³/mol. The predicted octanol–water partition coefficient (Wildman–Crippen LogP) is 0.868. The molecule has 0 saturated heterocycles. The quantitative estimate of drug-likeness (QED) is 0.592. The van der Waals surface area contributed by atoms with Crippen LogP contribution in [0, 0.1) is 0 Å². The molecule has 2 aromatic rings. The van der Waals surface area contributed by atoms with Gasteiger partial charge in [0.15, 0.2) is 6.73 Å². The number of carbonyl (C=O) groups is 1. The van der Waals surface area contributed by atoms with Gasteiger partial charge in [-0.1, -0.05) is 23.4 Å². The molecule has 2 rings (SSSR count). The molecule has 18 heavy (non-hydrogen) atoms. The van der Waals surface area contributed by atoms with Gasteiger partial charge in [-0.2, -0.15) is 4.68 Å². The molecule has 6 nitrogen and oxygen atoms in total. The van der Waals surface area contributed by atoms with Crippen LogP contribution in [-0.4, -0.2) is 21.0 Å². The Kier molecular flexibility index (Phi) is 3.47. The van der Waals surface area contributed by atoms with Crippen molar-refractivity contribution in [3.63, 3.8) is 0 Å². The van der Waals surface area contributed by atoms with Crippen molar-refractivity contribution in [2.45, 2.75) is 13.7 Å². The largest absolute Gasteiger partial charge is 0.439 e. The molecule has 0 aliphatic rings. The molecule has 0 aliphatic carbocycles. The fraction of sp³-hybridized carbons (Fsp3) is 0.167. The molecule has 1 heterocycles. The molecule has 0 amide bonds. The maximum Gasteiger partial charge on any atom is 0.332 e. The Morgan fingerprint density at radius 1 is 1.44 bits per heavy atom. The zero-order chi connectivity index (χ0) is 13.0. The second-order valence-electron chi connectivity index (χ2n) is 3.50. The SMILES string of the molecule is CC=CC(=O)OCn1nnc2ccccc2c1=O. The van der Waals surface area contributed by atoms with E-state index in [1.807, 2.05) is 0 Å². The van der Waals surface area contributed by atoms with Crippen LogP contribution < -0.4 is 5.56 Å². The third-order valence-corrected chi connectivity index (χ3v) is 2.26. The number of esters is 1. The smallest absolute Gasteiger partial charge is 0.332 e. The molecular formula is C12H11N3O3. The number of ether oxygens (including phenoxy) is 1. The summed E-state index contributed by atoms with van der Waals surface area (Å²) in [6.45, 7) is 1.45.